The van der Waals surface area contributed by atoms with Crippen LogP contribution in [0, 0.1) is 0 Å². The number of nitrogens with one attached hydrogen (secondary N) is 1. The summed E-state index contributed by atoms with van der Waals surface area (Å²) in [4.78, 5) is 13.8. The molecule has 1 N–H and O–H groups in total. The maximum atomic E-state index is 12.1. The van der Waals surface area contributed by atoms with E-state index in [0.29, 0.717) is 23.9 Å². The fraction of sp³-hybridized carbons (Fsp3) is 0.400. The zero-order chi connectivity index (χ0) is 17.4. The number of rotatable bonds is 9. The summed E-state index contributed by atoms with van der Waals surface area (Å²) >= 11 is 8.66. The quantitative estimate of drug-likeness (QED) is 0.667. The first kappa shape index (κ1) is 18.8. The van der Waals surface area contributed by atoms with Crippen LogP contribution in [0.2, 0.25) is 5.02 Å². The van der Waals surface area contributed by atoms with Gasteiger partial charge in [-0.15, -0.1) is 10.2 Å². The van der Waals surface area contributed by atoms with Gasteiger partial charge in [-0.2, -0.15) is 0 Å². The number of benzene rings is 1. The first-order valence-electron chi connectivity index (χ1n) is 7.41. The molecule has 0 radical (unpaired) electrons. The van der Waals surface area contributed by atoms with E-state index in [1.807, 2.05) is 6.92 Å². The van der Waals surface area contributed by atoms with Crippen molar-refractivity contribution in [1.29, 1.82) is 0 Å². The molecule has 0 fully saturated rings. The van der Waals surface area contributed by atoms with Gasteiger partial charge in [-0.3, -0.25) is 4.79 Å². The van der Waals surface area contributed by atoms with Gasteiger partial charge in [0.15, 0.2) is 4.34 Å². The third-order valence-electron chi connectivity index (χ3n) is 2.99. The number of nitrogens with zero attached hydrogens (tertiary/aromatic N) is 3. The number of carbonyl (C=O) groups excluding carboxylic acids is 1. The SMILES string of the molecule is CCNc1nnc(SCC(=O)N(C)CCOc2ccc(Cl)cc2)s1. The number of carbonyl (C=O) groups is 1. The van der Waals surface area contributed by atoms with E-state index in [1.165, 1.54) is 23.1 Å². The maximum absolute atomic E-state index is 12.1. The molecule has 0 aliphatic heterocycles. The fourth-order valence-corrected chi connectivity index (χ4v) is 3.57. The minimum Gasteiger partial charge on any atom is -0.492 e. The third kappa shape index (κ3) is 6.18. The van der Waals surface area contributed by atoms with Gasteiger partial charge in [0.05, 0.1) is 12.3 Å². The molecule has 9 heteroatoms. The van der Waals surface area contributed by atoms with Crippen molar-refractivity contribution in [3.8, 4) is 5.75 Å². The van der Waals surface area contributed by atoms with Crippen LogP contribution < -0.4 is 10.1 Å². The molecule has 1 aromatic heterocycles. The highest BCUT2D eigenvalue weighted by molar-refractivity contribution is 8.01. The van der Waals surface area contributed by atoms with Crippen LogP contribution in [0.3, 0.4) is 0 Å². The molecule has 1 aromatic carbocycles. The highest BCUT2D eigenvalue weighted by atomic mass is 35.5. The van der Waals surface area contributed by atoms with Crippen LogP contribution in [0.15, 0.2) is 28.6 Å². The van der Waals surface area contributed by atoms with Crippen molar-refractivity contribution in [3.63, 3.8) is 0 Å². The Kier molecular flexibility index (Phi) is 7.61. The molecular weight excluding hydrogens is 368 g/mol. The average Bonchev–Trinajstić information content (AvgIpc) is 3.02. The van der Waals surface area contributed by atoms with Crippen molar-refractivity contribution in [2.24, 2.45) is 0 Å². The van der Waals surface area contributed by atoms with Crippen molar-refractivity contribution in [1.82, 2.24) is 15.1 Å². The third-order valence-corrected chi connectivity index (χ3v) is 5.24. The van der Waals surface area contributed by atoms with Gasteiger partial charge in [-0.05, 0) is 31.2 Å². The van der Waals surface area contributed by atoms with E-state index < -0.39 is 0 Å². The number of amides is 1. The monoisotopic (exact) mass is 386 g/mol. The van der Waals surface area contributed by atoms with Crippen LogP contribution >= 0.6 is 34.7 Å². The average molecular weight is 387 g/mol. The lowest BCUT2D eigenvalue weighted by molar-refractivity contribution is -0.127. The Balaban J connectivity index is 1.68. The smallest absolute Gasteiger partial charge is 0.232 e. The molecule has 0 unspecified atom stereocenters. The lowest BCUT2D eigenvalue weighted by Gasteiger charge is -2.17. The maximum Gasteiger partial charge on any atom is 0.232 e. The van der Waals surface area contributed by atoms with E-state index in [4.69, 9.17) is 16.3 Å². The summed E-state index contributed by atoms with van der Waals surface area (Å²) in [6, 6.07) is 7.15. The van der Waals surface area contributed by atoms with Crippen LogP contribution in [0.4, 0.5) is 5.13 Å². The number of hydrogen-bond acceptors (Lipinski definition) is 7. The molecule has 0 spiro atoms. The molecule has 0 bridgehead atoms. The number of halogens is 1. The molecule has 2 aromatic rings. The van der Waals surface area contributed by atoms with E-state index in [2.05, 4.69) is 15.5 Å². The van der Waals surface area contributed by atoms with Gasteiger partial charge in [0, 0.05) is 18.6 Å². The van der Waals surface area contributed by atoms with E-state index in [9.17, 15) is 4.79 Å². The summed E-state index contributed by atoms with van der Waals surface area (Å²) in [6.07, 6.45) is 0. The van der Waals surface area contributed by atoms with Gasteiger partial charge in [0.25, 0.3) is 0 Å². The lowest BCUT2D eigenvalue weighted by Crippen LogP contribution is -2.32. The van der Waals surface area contributed by atoms with Gasteiger partial charge < -0.3 is 15.0 Å². The molecule has 2 rings (SSSR count). The Morgan fingerprint density at radius 3 is 2.83 bits per heavy atom. The number of hydrogen-bond donors (Lipinski definition) is 1. The van der Waals surface area contributed by atoms with E-state index in [-0.39, 0.29) is 5.91 Å². The normalized spacial score (nSPS) is 10.5. The predicted molar refractivity (Wildman–Crippen MR) is 99.4 cm³/mol. The first-order chi connectivity index (χ1) is 11.6. The molecule has 0 atom stereocenters. The van der Waals surface area contributed by atoms with Crippen LogP contribution in [0.5, 0.6) is 5.75 Å². The van der Waals surface area contributed by atoms with Crippen LogP contribution in [0.25, 0.3) is 0 Å². The molecule has 24 heavy (non-hydrogen) atoms. The van der Waals surface area contributed by atoms with Crippen molar-refractivity contribution in [2.75, 3.05) is 37.8 Å². The standard InChI is InChI=1S/C15H19ClN4O2S2/c1-3-17-14-18-19-15(24-14)23-10-13(21)20(2)8-9-22-12-6-4-11(16)5-7-12/h4-7H,3,8-10H2,1-2H3,(H,17,18). The molecule has 1 amide bonds. The first-order valence-corrected chi connectivity index (χ1v) is 9.59. The summed E-state index contributed by atoms with van der Waals surface area (Å²) in [7, 11) is 1.76. The van der Waals surface area contributed by atoms with Crippen LogP contribution in [0.1, 0.15) is 6.92 Å². The van der Waals surface area contributed by atoms with E-state index in [1.54, 1.807) is 36.2 Å². The van der Waals surface area contributed by atoms with Gasteiger partial charge >= 0.3 is 0 Å². The minimum atomic E-state index is 0.0277. The summed E-state index contributed by atoms with van der Waals surface area (Å²) in [5.74, 6) is 1.09. The summed E-state index contributed by atoms with van der Waals surface area (Å²) in [5.41, 5.74) is 0. The van der Waals surface area contributed by atoms with Crippen molar-refractivity contribution >= 4 is 45.7 Å². The zero-order valence-corrected chi connectivity index (χ0v) is 15.9. The Morgan fingerprint density at radius 2 is 2.12 bits per heavy atom. The summed E-state index contributed by atoms with van der Waals surface area (Å²) in [6.45, 7) is 3.74. The van der Waals surface area contributed by atoms with E-state index in [0.717, 1.165) is 21.8 Å². The predicted octanol–water partition coefficient (Wildman–Crippen LogP) is 3.25. The van der Waals surface area contributed by atoms with Gasteiger partial charge in [-0.25, -0.2) is 0 Å². The number of thioether (sulfide) groups is 1. The molecule has 0 aliphatic carbocycles. The minimum absolute atomic E-state index is 0.0277. The molecule has 0 saturated heterocycles. The second-order valence-electron chi connectivity index (χ2n) is 4.81. The van der Waals surface area contributed by atoms with Crippen LogP contribution in [-0.2, 0) is 4.79 Å². The Hall–Kier alpha value is -1.51. The number of anilines is 1. The van der Waals surface area contributed by atoms with Crippen molar-refractivity contribution < 1.29 is 9.53 Å². The van der Waals surface area contributed by atoms with Gasteiger partial charge in [0.2, 0.25) is 11.0 Å². The van der Waals surface area contributed by atoms with Gasteiger partial charge in [0.1, 0.15) is 12.4 Å². The van der Waals surface area contributed by atoms with Crippen LogP contribution in [-0.4, -0.2) is 53.5 Å². The molecule has 0 aliphatic rings. The number of aromatic nitrogens is 2. The molecular formula is C15H19ClN4O2S2. The van der Waals surface area contributed by atoms with Crippen molar-refractivity contribution in [3.05, 3.63) is 29.3 Å². The second kappa shape index (κ2) is 9.71. The molecule has 130 valence electrons. The van der Waals surface area contributed by atoms with Crippen molar-refractivity contribution in [2.45, 2.75) is 11.3 Å². The summed E-state index contributed by atoms with van der Waals surface area (Å²) in [5, 5.41) is 12.6. The van der Waals surface area contributed by atoms with Gasteiger partial charge in [-0.1, -0.05) is 34.7 Å². The second-order valence-corrected chi connectivity index (χ2v) is 7.45. The highest BCUT2D eigenvalue weighted by Gasteiger charge is 2.12. The fourth-order valence-electron chi connectivity index (χ4n) is 1.68. The molecule has 1 heterocycles. The summed E-state index contributed by atoms with van der Waals surface area (Å²) < 4.78 is 6.37. The topological polar surface area (TPSA) is 67.4 Å². The van der Waals surface area contributed by atoms with E-state index >= 15 is 0 Å². The number of ether oxygens (including phenoxy) is 1. The number of likely N-dealkylation sites (N-methyl/N-ethyl adjacent to an activating group) is 1. The largest absolute Gasteiger partial charge is 0.492 e. The Morgan fingerprint density at radius 1 is 1.38 bits per heavy atom. The Bertz CT molecular complexity index is 651. The molecule has 0 saturated carbocycles. The highest BCUT2D eigenvalue weighted by Crippen LogP contribution is 2.25. The lowest BCUT2D eigenvalue weighted by atomic mass is 10.3. The molecule has 6 nitrogen and oxygen atoms in total. The zero-order valence-electron chi connectivity index (χ0n) is 13.5. The Labute approximate surface area is 154 Å².